The summed E-state index contributed by atoms with van der Waals surface area (Å²) in [6, 6.07) is 9.26. The molecular formula is C13H8Cl2N2. The van der Waals surface area contributed by atoms with Gasteiger partial charge in [0.05, 0.1) is 12.5 Å². The Balaban J connectivity index is 2.49. The van der Waals surface area contributed by atoms with E-state index >= 15 is 0 Å². The second kappa shape index (κ2) is 5.18. The molecule has 0 unspecified atom stereocenters. The smallest absolute Gasteiger partial charge is 0.0670 e. The van der Waals surface area contributed by atoms with Gasteiger partial charge in [-0.05, 0) is 29.8 Å². The zero-order valence-corrected chi connectivity index (χ0v) is 10.3. The molecule has 0 saturated carbocycles. The quantitative estimate of drug-likeness (QED) is 0.817. The first-order chi connectivity index (χ1) is 8.20. The van der Waals surface area contributed by atoms with Gasteiger partial charge in [-0.3, -0.25) is 4.98 Å². The number of hydrogen-bond donors (Lipinski definition) is 0. The molecule has 1 aromatic carbocycles. The van der Waals surface area contributed by atoms with Gasteiger partial charge in [-0.25, -0.2) is 0 Å². The van der Waals surface area contributed by atoms with Gasteiger partial charge >= 0.3 is 0 Å². The molecule has 1 aromatic heterocycles. The van der Waals surface area contributed by atoms with Gasteiger partial charge in [0.15, 0.2) is 0 Å². The van der Waals surface area contributed by atoms with E-state index in [2.05, 4.69) is 11.1 Å². The van der Waals surface area contributed by atoms with E-state index in [0.29, 0.717) is 16.5 Å². The number of benzene rings is 1. The van der Waals surface area contributed by atoms with Gasteiger partial charge in [0, 0.05) is 33.6 Å². The van der Waals surface area contributed by atoms with E-state index in [1.165, 1.54) is 0 Å². The molecule has 2 rings (SSSR count). The molecule has 0 aliphatic rings. The molecule has 0 aliphatic heterocycles. The summed E-state index contributed by atoms with van der Waals surface area (Å²) in [5, 5.41) is 9.89. The summed E-state index contributed by atoms with van der Waals surface area (Å²) >= 11 is 12.0. The van der Waals surface area contributed by atoms with Crippen molar-refractivity contribution in [2.45, 2.75) is 6.42 Å². The molecule has 84 valence electrons. The van der Waals surface area contributed by atoms with Gasteiger partial charge in [-0.1, -0.05) is 23.2 Å². The van der Waals surface area contributed by atoms with Crippen molar-refractivity contribution >= 4 is 23.2 Å². The fourth-order valence-corrected chi connectivity index (χ4v) is 1.94. The lowest BCUT2D eigenvalue weighted by Gasteiger charge is -2.05. The maximum atomic E-state index is 8.65. The lowest BCUT2D eigenvalue weighted by atomic mass is 10.1. The standard InChI is InChI=1S/C13H8Cl2N2/c14-11-1-2-13(15)12(6-11)10-5-9(3-4-16)7-17-8-10/h1-2,5-8H,3H2. The van der Waals surface area contributed by atoms with Gasteiger partial charge in [0.1, 0.15) is 0 Å². The fourth-order valence-electron chi connectivity index (χ4n) is 1.54. The number of halogens is 2. The molecule has 17 heavy (non-hydrogen) atoms. The Bertz CT molecular complexity index is 588. The van der Waals surface area contributed by atoms with Crippen molar-refractivity contribution in [3.8, 4) is 17.2 Å². The van der Waals surface area contributed by atoms with Crippen molar-refractivity contribution in [2.75, 3.05) is 0 Å². The van der Waals surface area contributed by atoms with Crippen molar-refractivity contribution in [2.24, 2.45) is 0 Å². The van der Waals surface area contributed by atoms with Crippen LogP contribution >= 0.6 is 23.2 Å². The first-order valence-corrected chi connectivity index (χ1v) is 5.72. The molecule has 4 heteroatoms. The molecular weight excluding hydrogens is 255 g/mol. The van der Waals surface area contributed by atoms with Crippen LogP contribution in [0.15, 0.2) is 36.7 Å². The predicted octanol–water partition coefficient (Wildman–Crippen LogP) is 4.12. The summed E-state index contributed by atoms with van der Waals surface area (Å²) in [5.41, 5.74) is 2.55. The second-order valence-corrected chi connectivity index (χ2v) is 4.38. The molecule has 0 saturated heterocycles. The first kappa shape index (κ1) is 11.9. The van der Waals surface area contributed by atoms with E-state index < -0.39 is 0 Å². The number of pyridine rings is 1. The minimum absolute atomic E-state index is 0.332. The molecule has 0 fully saturated rings. The van der Waals surface area contributed by atoms with Crippen molar-refractivity contribution in [3.05, 3.63) is 52.3 Å². The number of rotatable bonds is 2. The average molecular weight is 263 g/mol. The van der Waals surface area contributed by atoms with Crippen LogP contribution in [0, 0.1) is 11.3 Å². The number of aromatic nitrogens is 1. The highest BCUT2D eigenvalue weighted by atomic mass is 35.5. The molecule has 2 aromatic rings. The summed E-state index contributed by atoms with van der Waals surface area (Å²) < 4.78 is 0. The monoisotopic (exact) mass is 262 g/mol. The molecule has 2 nitrogen and oxygen atoms in total. The van der Waals surface area contributed by atoms with Gasteiger partial charge in [0.25, 0.3) is 0 Å². The first-order valence-electron chi connectivity index (χ1n) is 4.97. The van der Waals surface area contributed by atoms with Crippen LogP contribution in [0.4, 0.5) is 0 Å². The van der Waals surface area contributed by atoms with Crippen molar-refractivity contribution in [1.82, 2.24) is 4.98 Å². The summed E-state index contributed by atoms with van der Waals surface area (Å²) in [6.07, 6.45) is 3.71. The van der Waals surface area contributed by atoms with Gasteiger partial charge in [0.2, 0.25) is 0 Å². The van der Waals surface area contributed by atoms with Crippen LogP contribution in [0.2, 0.25) is 10.0 Å². The third-order valence-corrected chi connectivity index (χ3v) is 2.88. The SMILES string of the molecule is N#CCc1cncc(-c2cc(Cl)ccc2Cl)c1. The molecule has 0 amide bonds. The molecule has 0 atom stereocenters. The van der Waals surface area contributed by atoms with E-state index in [1.54, 1.807) is 30.6 Å². The van der Waals surface area contributed by atoms with E-state index in [1.807, 2.05) is 6.07 Å². The summed E-state index contributed by atoms with van der Waals surface area (Å²) in [4.78, 5) is 4.10. The second-order valence-electron chi connectivity index (χ2n) is 3.54. The summed E-state index contributed by atoms with van der Waals surface area (Å²) in [7, 11) is 0. The average Bonchev–Trinajstić information content (AvgIpc) is 2.33. The van der Waals surface area contributed by atoms with Crippen LogP contribution in [-0.4, -0.2) is 4.98 Å². The molecule has 1 heterocycles. The van der Waals surface area contributed by atoms with Crippen LogP contribution in [0.25, 0.3) is 11.1 Å². The Morgan fingerprint density at radius 1 is 1.18 bits per heavy atom. The molecule has 0 aliphatic carbocycles. The Labute approximate surface area is 109 Å². The van der Waals surface area contributed by atoms with Gasteiger partial charge in [-0.15, -0.1) is 0 Å². The lowest BCUT2D eigenvalue weighted by molar-refractivity contribution is 1.19. The van der Waals surface area contributed by atoms with Crippen molar-refractivity contribution in [3.63, 3.8) is 0 Å². The number of hydrogen-bond acceptors (Lipinski definition) is 2. The highest BCUT2D eigenvalue weighted by molar-refractivity contribution is 6.35. The third kappa shape index (κ3) is 2.76. The fraction of sp³-hybridized carbons (Fsp3) is 0.0769. The third-order valence-electron chi connectivity index (χ3n) is 2.32. The summed E-state index contributed by atoms with van der Waals surface area (Å²) in [6.45, 7) is 0. The van der Waals surface area contributed by atoms with Gasteiger partial charge in [-0.2, -0.15) is 5.26 Å². The largest absolute Gasteiger partial charge is 0.264 e. The highest BCUT2D eigenvalue weighted by Crippen LogP contribution is 2.30. The van der Waals surface area contributed by atoms with Crippen molar-refractivity contribution < 1.29 is 0 Å². The van der Waals surface area contributed by atoms with E-state index in [0.717, 1.165) is 16.7 Å². The number of nitriles is 1. The Hall–Kier alpha value is -1.56. The number of nitrogens with zero attached hydrogens (tertiary/aromatic N) is 2. The minimum atomic E-state index is 0.332. The zero-order valence-electron chi connectivity index (χ0n) is 8.82. The maximum Gasteiger partial charge on any atom is 0.0670 e. The molecule has 0 radical (unpaired) electrons. The van der Waals surface area contributed by atoms with E-state index in [4.69, 9.17) is 28.5 Å². The van der Waals surface area contributed by atoms with E-state index in [-0.39, 0.29) is 0 Å². The zero-order chi connectivity index (χ0) is 12.3. The van der Waals surface area contributed by atoms with Crippen LogP contribution in [0.1, 0.15) is 5.56 Å². The lowest BCUT2D eigenvalue weighted by Crippen LogP contribution is -1.87. The molecule has 0 N–H and O–H groups in total. The molecule has 0 spiro atoms. The Morgan fingerprint density at radius 3 is 2.76 bits per heavy atom. The van der Waals surface area contributed by atoms with Gasteiger partial charge < -0.3 is 0 Å². The summed E-state index contributed by atoms with van der Waals surface area (Å²) in [5.74, 6) is 0. The Kier molecular flexibility index (Phi) is 3.63. The predicted molar refractivity (Wildman–Crippen MR) is 69.0 cm³/mol. The van der Waals surface area contributed by atoms with Crippen LogP contribution in [0.3, 0.4) is 0 Å². The highest BCUT2D eigenvalue weighted by Gasteiger charge is 2.05. The maximum absolute atomic E-state index is 8.65. The molecule has 0 bridgehead atoms. The minimum Gasteiger partial charge on any atom is -0.264 e. The van der Waals surface area contributed by atoms with E-state index in [9.17, 15) is 0 Å². The normalized spacial score (nSPS) is 9.94. The Morgan fingerprint density at radius 2 is 2.00 bits per heavy atom. The van der Waals surface area contributed by atoms with Crippen molar-refractivity contribution in [1.29, 1.82) is 5.26 Å². The van der Waals surface area contributed by atoms with Crippen LogP contribution in [-0.2, 0) is 6.42 Å². The topological polar surface area (TPSA) is 36.7 Å². The van der Waals surface area contributed by atoms with Crippen LogP contribution < -0.4 is 0 Å². The van der Waals surface area contributed by atoms with Crippen LogP contribution in [0.5, 0.6) is 0 Å².